The summed E-state index contributed by atoms with van der Waals surface area (Å²) in [5.41, 5.74) is 2.26. The van der Waals surface area contributed by atoms with Crippen LogP contribution in [0.3, 0.4) is 0 Å². The zero-order valence-corrected chi connectivity index (χ0v) is 13.1. The zero-order chi connectivity index (χ0) is 15.8. The van der Waals surface area contributed by atoms with Gasteiger partial charge in [-0.25, -0.2) is 4.79 Å². The molecule has 7 heteroatoms. The molecule has 0 spiro atoms. The van der Waals surface area contributed by atoms with Crippen molar-refractivity contribution < 1.29 is 9.21 Å². The van der Waals surface area contributed by atoms with Gasteiger partial charge < -0.3 is 14.2 Å². The van der Waals surface area contributed by atoms with Gasteiger partial charge in [0.05, 0.1) is 10.4 Å². The van der Waals surface area contributed by atoms with Gasteiger partial charge in [0.1, 0.15) is 0 Å². The van der Waals surface area contributed by atoms with Crippen LogP contribution in [0.25, 0.3) is 11.1 Å². The topological polar surface area (TPSA) is 69.6 Å². The smallest absolute Gasteiger partial charge is 0.408 e. The zero-order valence-electron chi connectivity index (χ0n) is 12.3. The summed E-state index contributed by atoms with van der Waals surface area (Å²) >= 11 is 1.48. The molecule has 0 radical (unpaired) electrons. The number of piperazine rings is 1. The van der Waals surface area contributed by atoms with Crippen LogP contribution in [0, 0.1) is 0 Å². The molecule has 1 aromatic carbocycles. The number of carbonyl (C=O) groups excluding carboxylic acids is 1. The third-order valence-electron chi connectivity index (χ3n) is 4.07. The molecule has 23 heavy (non-hydrogen) atoms. The van der Waals surface area contributed by atoms with Crippen molar-refractivity contribution in [1.82, 2.24) is 9.88 Å². The van der Waals surface area contributed by atoms with E-state index in [0.29, 0.717) is 24.2 Å². The van der Waals surface area contributed by atoms with Crippen LogP contribution in [0.15, 0.2) is 44.9 Å². The number of nitrogens with zero attached hydrogens (tertiary/aromatic N) is 2. The first-order valence-corrected chi connectivity index (χ1v) is 8.29. The summed E-state index contributed by atoms with van der Waals surface area (Å²) in [5.74, 6) is -0.338. The van der Waals surface area contributed by atoms with Gasteiger partial charge in [0.25, 0.3) is 5.91 Å². The van der Waals surface area contributed by atoms with E-state index in [1.165, 1.54) is 11.3 Å². The Bertz CT molecular complexity index is 889. The summed E-state index contributed by atoms with van der Waals surface area (Å²) < 4.78 is 5.11. The van der Waals surface area contributed by atoms with Crippen molar-refractivity contribution >= 4 is 34.0 Å². The van der Waals surface area contributed by atoms with Gasteiger partial charge in [0.2, 0.25) is 0 Å². The molecular weight excluding hydrogens is 314 g/mol. The van der Waals surface area contributed by atoms with Gasteiger partial charge in [-0.05, 0) is 23.6 Å². The third-order valence-corrected chi connectivity index (χ3v) is 4.93. The highest BCUT2D eigenvalue weighted by atomic mass is 32.1. The maximum absolute atomic E-state index is 12.3. The average Bonchev–Trinajstić information content (AvgIpc) is 3.22. The van der Waals surface area contributed by atoms with Gasteiger partial charge in [0.15, 0.2) is 5.58 Å². The fraction of sp³-hybridized carbons (Fsp3) is 0.250. The number of thiophene rings is 1. The number of fused-ring (bicyclic) bond motifs is 1. The Labute approximate surface area is 135 Å². The molecule has 1 aliphatic rings. The maximum Gasteiger partial charge on any atom is 0.417 e. The van der Waals surface area contributed by atoms with Crippen molar-refractivity contribution in [2.24, 2.45) is 0 Å². The largest absolute Gasteiger partial charge is 0.417 e. The molecule has 0 saturated carbocycles. The van der Waals surface area contributed by atoms with E-state index in [9.17, 15) is 9.59 Å². The Kier molecular flexibility index (Phi) is 3.42. The SMILES string of the molecule is O=C(c1cccs1)N1CCN(c2ccc3[nH]c(=O)oc3c2)CC1. The molecule has 0 aliphatic carbocycles. The number of amides is 1. The lowest BCUT2D eigenvalue weighted by Gasteiger charge is -2.35. The monoisotopic (exact) mass is 329 g/mol. The molecular formula is C16H15N3O3S. The van der Waals surface area contributed by atoms with Crippen LogP contribution in [0.5, 0.6) is 0 Å². The summed E-state index contributed by atoms with van der Waals surface area (Å²) in [6, 6.07) is 9.43. The van der Waals surface area contributed by atoms with E-state index in [2.05, 4.69) is 9.88 Å². The van der Waals surface area contributed by atoms with Crippen molar-refractivity contribution in [2.75, 3.05) is 31.1 Å². The maximum atomic E-state index is 12.3. The van der Waals surface area contributed by atoms with Gasteiger partial charge >= 0.3 is 5.76 Å². The first-order chi connectivity index (χ1) is 11.2. The number of rotatable bonds is 2. The molecule has 4 rings (SSSR count). The molecule has 0 atom stereocenters. The molecule has 1 aliphatic heterocycles. The van der Waals surface area contributed by atoms with Crippen LogP contribution in [-0.4, -0.2) is 42.0 Å². The molecule has 2 aromatic heterocycles. The lowest BCUT2D eigenvalue weighted by atomic mass is 10.2. The van der Waals surface area contributed by atoms with Crippen LogP contribution in [-0.2, 0) is 0 Å². The van der Waals surface area contributed by atoms with Gasteiger partial charge in [-0.15, -0.1) is 11.3 Å². The number of aromatic nitrogens is 1. The third kappa shape index (κ3) is 2.63. The Morgan fingerprint density at radius 2 is 2.00 bits per heavy atom. The van der Waals surface area contributed by atoms with Crippen molar-refractivity contribution in [3.05, 3.63) is 51.1 Å². The first-order valence-electron chi connectivity index (χ1n) is 7.41. The Morgan fingerprint density at radius 3 is 2.74 bits per heavy atom. The Morgan fingerprint density at radius 1 is 1.17 bits per heavy atom. The second-order valence-electron chi connectivity index (χ2n) is 5.45. The van der Waals surface area contributed by atoms with E-state index >= 15 is 0 Å². The molecule has 1 fully saturated rings. The minimum atomic E-state index is -0.441. The summed E-state index contributed by atoms with van der Waals surface area (Å²) in [7, 11) is 0. The number of benzene rings is 1. The molecule has 1 N–H and O–H groups in total. The lowest BCUT2D eigenvalue weighted by Crippen LogP contribution is -2.48. The number of carbonyl (C=O) groups is 1. The van der Waals surface area contributed by atoms with E-state index < -0.39 is 5.76 Å². The second kappa shape index (κ2) is 5.58. The van der Waals surface area contributed by atoms with Gasteiger partial charge in [-0.1, -0.05) is 6.07 Å². The van der Waals surface area contributed by atoms with Gasteiger partial charge in [-0.2, -0.15) is 0 Å². The van der Waals surface area contributed by atoms with Crippen molar-refractivity contribution in [1.29, 1.82) is 0 Å². The number of oxazole rings is 1. The van der Waals surface area contributed by atoms with Crippen LogP contribution < -0.4 is 10.7 Å². The van der Waals surface area contributed by atoms with Crippen LogP contribution >= 0.6 is 11.3 Å². The highest BCUT2D eigenvalue weighted by Crippen LogP contribution is 2.22. The lowest BCUT2D eigenvalue weighted by molar-refractivity contribution is 0.0751. The highest BCUT2D eigenvalue weighted by molar-refractivity contribution is 7.12. The number of aromatic amines is 1. The normalized spacial score (nSPS) is 15.3. The summed E-state index contributed by atoms with van der Waals surface area (Å²) in [4.78, 5) is 31.1. The Balaban J connectivity index is 1.48. The van der Waals surface area contributed by atoms with Crippen molar-refractivity contribution in [3.63, 3.8) is 0 Å². The number of hydrogen-bond donors (Lipinski definition) is 1. The van der Waals surface area contributed by atoms with Crippen LogP contribution in [0.4, 0.5) is 5.69 Å². The van der Waals surface area contributed by atoms with Crippen molar-refractivity contribution in [2.45, 2.75) is 0 Å². The summed E-state index contributed by atoms with van der Waals surface area (Å²) in [5, 5.41) is 1.92. The number of hydrogen-bond acceptors (Lipinski definition) is 5. The van der Waals surface area contributed by atoms with Crippen molar-refractivity contribution in [3.8, 4) is 0 Å². The van der Waals surface area contributed by atoms with Crippen LogP contribution in [0.2, 0.25) is 0 Å². The van der Waals surface area contributed by atoms with E-state index in [1.807, 2.05) is 40.6 Å². The van der Waals surface area contributed by atoms with E-state index in [1.54, 1.807) is 0 Å². The molecule has 1 saturated heterocycles. The summed E-state index contributed by atoms with van der Waals surface area (Å²) in [6.07, 6.45) is 0. The molecule has 0 bridgehead atoms. The molecule has 0 unspecified atom stereocenters. The van der Waals surface area contributed by atoms with Gasteiger partial charge in [-0.3, -0.25) is 9.78 Å². The first kappa shape index (κ1) is 14.1. The fourth-order valence-corrected chi connectivity index (χ4v) is 3.55. The Hall–Kier alpha value is -2.54. The number of H-pyrrole nitrogens is 1. The molecule has 6 nitrogen and oxygen atoms in total. The van der Waals surface area contributed by atoms with Crippen LogP contribution in [0.1, 0.15) is 9.67 Å². The van der Waals surface area contributed by atoms with E-state index in [0.717, 1.165) is 23.7 Å². The predicted molar refractivity (Wildman–Crippen MR) is 89.3 cm³/mol. The molecule has 3 aromatic rings. The van der Waals surface area contributed by atoms with E-state index in [-0.39, 0.29) is 5.91 Å². The predicted octanol–water partition coefficient (Wildman–Crippen LogP) is 2.14. The quantitative estimate of drug-likeness (QED) is 0.782. The number of nitrogens with one attached hydrogen (secondary N) is 1. The van der Waals surface area contributed by atoms with E-state index in [4.69, 9.17) is 4.42 Å². The number of anilines is 1. The fourth-order valence-electron chi connectivity index (χ4n) is 2.85. The average molecular weight is 329 g/mol. The molecule has 118 valence electrons. The minimum absolute atomic E-state index is 0.103. The minimum Gasteiger partial charge on any atom is -0.408 e. The second-order valence-corrected chi connectivity index (χ2v) is 6.40. The highest BCUT2D eigenvalue weighted by Gasteiger charge is 2.23. The molecule has 1 amide bonds. The molecule has 3 heterocycles. The summed E-state index contributed by atoms with van der Waals surface area (Å²) in [6.45, 7) is 2.90. The standard InChI is InChI=1S/C16H15N3O3S/c20-15(14-2-1-9-23-14)19-7-5-18(6-8-19)11-3-4-12-13(10-11)22-16(21)17-12/h1-4,9-10H,5-8H2,(H,17,21). The van der Waals surface area contributed by atoms with Gasteiger partial charge in [0, 0.05) is 37.9 Å².